The second kappa shape index (κ2) is 9.47. The van der Waals surface area contributed by atoms with E-state index in [9.17, 15) is 14.0 Å². The summed E-state index contributed by atoms with van der Waals surface area (Å²) in [6.07, 6.45) is 3.07. The molecule has 0 radical (unpaired) electrons. The number of carbonyl (C=O) groups excluding carboxylic acids is 2. The van der Waals surface area contributed by atoms with Crippen molar-refractivity contribution in [2.75, 3.05) is 19.6 Å². The number of hydrogen-bond donors (Lipinski definition) is 0. The highest BCUT2D eigenvalue weighted by Gasteiger charge is 2.33. The van der Waals surface area contributed by atoms with Crippen molar-refractivity contribution in [2.24, 2.45) is 0 Å². The summed E-state index contributed by atoms with van der Waals surface area (Å²) in [5.41, 5.74) is 1.69. The SMILES string of the molecule is CCCN(CC(=O)N1CCn2cccc2C1c1cccc(F)c1)C(=O)Cc1cccs1. The van der Waals surface area contributed by atoms with Crippen LogP contribution in [0.1, 0.15) is 35.5 Å². The quantitative estimate of drug-likeness (QED) is 0.556. The molecule has 2 aromatic heterocycles. The number of thiophene rings is 1. The van der Waals surface area contributed by atoms with E-state index in [0.717, 1.165) is 22.6 Å². The molecule has 0 saturated carbocycles. The molecule has 1 aliphatic heterocycles. The van der Waals surface area contributed by atoms with Crippen molar-refractivity contribution in [3.05, 3.63) is 82.1 Å². The van der Waals surface area contributed by atoms with E-state index in [1.807, 2.05) is 48.8 Å². The Kier molecular flexibility index (Phi) is 6.51. The van der Waals surface area contributed by atoms with E-state index in [1.165, 1.54) is 12.1 Å². The Morgan fingerprint density at radius 3 is 2.77 bits per heavy atom. The van der Waals surface area contributed by atoms with Gasteiger partial charge in [-0.2, -0.15) is 0 Å². The van der Waals surface area contributed by atoms with Gasteiger partial charge in [0.25, 0.3) is 0 Å². The molecular formula is C24H26FN3O2S. The minimum atomic E-state index is -0.372. The maximum absolute atomic E-state index is 14.0. The van der Waals surface area contributed by atoms with Crippen molar-refractivity contribution >= 4 is 23.2 Å². The van der Waals surface area contributed by atoms with Gasteiger partial charge in [0.1, 0.15) is 5.82 Å². The van der Waals surface area contributed by atoms with E-state index >= 15 is 0 Å². The van der Waals surface area contributed by atoms with Gasteiger partial charge in [0.15, 0.2) is 0 Å². The monoisotopic (exact) mass is 439 g/mol. The number of nitrogens with zero attached hydrogens (tertiary/aromatic N) is 3. The Morgan fingerprint density at radius 1 is 1.16 bits per heavy atom. The molecule has 0 aliphatic carbocycles. The summed E-state index contributed by atoms with van der Waals surface area (Å²) in [4.78, 5) is 30.7. The maximum atomic E-state index is 14.0. The molecular weight excluding hydrogens is 413 g/mol. The smallest absolute Gasteiger partial charge is 0.243 e. The summed E-state index contributed by atoms with van der Waals surface area (Å²) in [6, 6.07) is 13.8. The molecule has 0 fully saturated rings. The predicted molar refractivity (Wildman–Crippen MR) is 119 cm³/mol. The summed E-state index contributed by atoms with van der Waals surface area (Å²) in [5, 5.41) is 1.95. The van der Waals surface area contributed by atoms with Crippen molar-refractivity contribution in [1.82, 2.24) is 14.4 Å². The highest BCUT2D eigenvalue weighted by molar-refractivity contribution is 7.10. The number of benzene rings is 1. The maximum Gasteiger partial charge on any atom is 0.243 e. The molecule has 2 amide bonds. The van der Waals surface area contributed by atoms with Crippen LogP contribution in [0.3, 0.4) is 0 Å². The number of carbonyl (C=O) groups is 2. The van der Waals surface area contributed by atoms with Crippen molar-refractivity contribution < 1.29 is 14.0 Å². The fourth-order valence-corrected chi connectivity index (χ4v) is 4.87. The zero-order valence-electron chi connectivity index (χ0n) is 17.5. The zero-order chi connectivity index (χ0) is 21.8. The molecule has 1 aliphatic rings. The summed E-state index contributed by atoms with van der Waals surface area (Å²) in [5.74, 6) is -0.484. The van der Waals surface area contributed by atoms with Gasteiger partial charge in [-0.15, -0.1) is 11.3 Å². The molecule has 0 bridgehead atoms. The van der Waals surface area contributed by atoms with Gasteiger partial charge >= 0.3 is 0 Å². The predicted octanol–water partition coefficient (Wildman–Crippen LogP) is 4.10. The van der Waals surface area contributed by atoms with Crippen molar-refractivity contribution in [2.45, 2.75) is 32.4 Å². The molecule has 0 N–H and O–H groups in total. The fraction of sp³-hybridized carbons (Fsp3) is 0.333. The van der Waals surface area contributed by atoms with Crippen LogP contribution in [0.5, 0.6) is 0 Å². The number of halogens is 1. The van der Waals surface area contributed by atoms with E-state index in [2.05, 4.69) is 4.57 Å². The third-order valence-electron chi connectivity index (χ3n) is 5.60. The molecule has 7 heteroatoms. The molecule has 4 rings (SSSR count). The Bertz CT molecular complexity index is 1050. The second-order valence-electron chi connectivity index (χ2n) is 7.74. The van der Waals surface area contributed by atoms with Gasteiger partial charge < -0.3 is 14.4 Å². The van der Waals surface area contributed by atoms with Gasteiger partial charge in [-0.1, -0.05) is 25.1 Å². The zero-order valence-corrected chi connectivity index (χ0v) is 18.4. The van der Waals surface area contributed by atoms with E-state index in [1.54, 1.807) is 27.2 Å². The Hall–Kier alpha value is -2.93. The van der Waals surface area contributed by atoms with E-state index in [4.69, 9.17) is 0 Å². The molecule has 162 valence electrons. The summed E-state index contributed by atoms with van der Waals surface area (Å²) in [6.45, 7) is 3.76. The molecule has 31 heavy (non-hydrogen) atoms. The van der Waals surface area contributed by atoms with Crippen molar-refractivity contribution in [3.63, 3.8) is 0 Å². The van der Waals surface area contributed by atoms with Gasteiger partial charge in [0.2, 0.25) is 11.8 Å². The molecule has 1 unspecified atom stereocenters. The normalized spacial score (nSPS) is 15.5. The van der Waals surface area contributed by atoms with Crippen LogP contribution in [0, 0.1) is 5.82 Å². The lowest BCUT2D eigenvalue weighted by atomic mass is 9.99. The summed E-state index contributed by atoms with van der Waals surface area (Å²) < 4.78 is 16.1. The molecule has 0 saturated heterocycles. The Balaban J connectivity index is 1.57. The summed E-state index contributed by atoms with van der Waals surface area (Å²) >= 11 is 1.54. The van der Waals surface area contributed by atoms with Gasteiger partial charge in [0.05, 0.1) is 19.0 Å². The van der Waals surface area contributed by atoms with Gasteiger partial charge in [-0.05, 0) is 47.7 Å². The number of amides is 2. The minimum Gasteiger partial charge on any atom is -0.348 e. The minimum absolute atomic E-state index is 0.0323. The van der Waals surface area contributed by atoms with Crippen LogP contribution in [0.2, 0.25) is 0 Å². The van der Waals surface area contributed by atoms with E-state index < -0.39 is 0 Å². The highest BCUT2D eigenvalue weighted by atomic mass is 32.1. The lowest BCUT2D eigenvalue weighted by Gasteiger charge is -2.38. The summed E-state index contributed by atoms with van der Waals surface area (Å²) in [7, 11) is 0. The first-order chi connectivity index (χ1) is 15.1. The third-order valence-corrected chi connectivity index (χ3v) is 6.48. The number of fused-ring (bicyclic) bond motifs is 1. The highest BCUT2D eigenvalue weighted by Crippen LogP contribution is 2.33. The number of aromatic nitrogens is 1. The molecule has 1 atom stereocenters. The van der Waals surface area contributed by atoms with Crippen LogP contribution in [-0.2, 0) is 22.6 Å². The lowest BCUT2D eigenvalue weighted by Crippen LogP contribution is -2.48. The van der Waals surface area contributed by atoms with Crippen LogP contribution in [-0.4, -0.2) is 45.8 Å². The largest absolute Gasteiger partial charge is 0.348 e. The average Bonchev–Trinajstić information content (AvgIpc) is 3.44. The lowest BCUT2D eigenvalue weighted by molar-refractivity contribution is -0.141. The fourth-order valence-electron chi connectivity index (χ4n) is 4.17. The topological polar surface area (TPSA) is 45.6 Å². The third kappa shape index (κ3) is 4.71. The van der Waals surface area contributed by atoms with Crippen LogP contribution in [0.15, 0.2) is 60.1 Å². The van der Waals surface area contributed by atoms with Crippen LogP contribution < -0.4 is 0 Å². The second-order valence-corrected chi connectivity index (χ2v) is 8.77. The first-order valence-electron chi connectivity index (χ1n) is 10.6. The van der Waals surface area contributed by atoms with Crippen LogP contribution in [0.25, 0.3) is 0 Å². The van der Waals surface area contributed by atoms with Crippen molar-refractivity contribution in [3.8, 4) is 0 Å². The first kappa shape index (κ1) is 21.3. The molecule has 3 heterocycles. The molecule has 5 nitrogen and oxygen atoms in total. The van der Waals surface area contributed by atoms with Crippen molar-refractivity contribution in [1.29, 1.82) is 0 Å². The van der Waals surface area contributed by atoms with Gasteiger partial charge in [-0.25, -0.2) is 4.39 Å². The molecule has 3 aromatic rings. The number of hydrogen-bond acceptors (Lipinski definition) is 3. The van der Waals surface area contributed by atoms with Gasteiger partial charge in [-0.3, -0.25) is 9.59 Å². The number of rotatable bonds is 7. The van der Waals surface area contributed by atoms with E-state index in [0.29, 0.717) is 26.1 Å². The Labute approximate surface area is 185 Å². The van der Waals surface area contributed by atoms with E-state index in [-0.39, 0.29) is 30.2 Å². The van der Waals surface area contributed by atoms with Gasteiger partial charge in [0, 0.05) is 36.4 Å². The van der Waals surface area contributed by atoms with Crippen LogP contribution in [0.4, 0.5) is 4.39 Å². The standard InChI is InChI=1S/C24H26FN3O2S/c1-2-10-27(22(29)16-20-8-5-14-31-20)17-23(30)28-13-12-26-11-4-9-21(26)24(28)18-6-3-7-19(25)15-18/h3-9,11,14-15,24H,2,10,12-13,16-17H2,1H3. The average molecular weight is 440 g/mol. The molecule has 1 aromatic carbocycles. The Morgan fingerprint density at radius 2 is 2.03 bits per heavy atom. The first-order valence-corrected chi connectivity index (χ1v) is 11.4. The van der Waals surface area contributed by atoms with Crippen LogP contribution >= 0.6 is 11.3 Å². The molecule has 0 spiro atoms.